The predicted molar refractivity (Wildman–Crippen MR) is 101 cm³/mol. The minimum absolute atomic E-state index is 0.0567. The second-order valence-electron chi connectivity index (χ2n) is 6.92. The molecule has 0 aliphatic carbocycles. The van der Waals surface area contributed by atoms with Crippen LogP contribution in [-0.2, 0) is 17.6 Å². The van der Waals surface area contributed by atoms with Gasteiger partial charge in [-0.25, -0.2) is 4.79 Å². The number of benzene rings is 1. The Hall–Kier alpha value is -2.17. The average Bonchev–Trinajstić information content (AvgIpc) is 2.53. The van der Waals surface area contributed by atoms with Crippen LogP contribution in [0.3, 0.4) is 0 Å². The quantitative estimate of drug-likeness (QED) is 0.712. The second kappa shape index (κ2) is 9.35. The van der Waals surface area contributed by atoms with Crippen LogP contribution in [0.5, 0.6) is 11.5 Å². The van der Waals surface area contributed by atoms with E-state index in [1.165, 1.54) is 0 Å². The Morgan fingerprint density at radius 3 is 2.24 bits per heavy atom. The highest BCUT2D eigenvalue weighted by Crippen LogP contribution is 2.30. The van der Waals surface area contributed by atoms with Crippen LogP contribution < -0.4 is 14.8 Å². The molecule has 1 aromatic rings. The first-order valence-electron chi connectivity index (χ1n) is 8.58. The van der Waals surface area contributed by atoms with E-state index >= 15 is 0 Å². The molecule has 0 aliphatic rings. The van der Waals surface area contributed by atoms with Gasteiger partial charge in [0.25, 0.3) is 0 Å². The van der Waals surface area contributed by atoms with Gasteiger partial charge in [-0.3, -0.25) is 0 Å². The number of ether oxygens (including phenoxy) is 3. The number of hydrogen-bond acceptors (Lipinski definition) is 4. The molecule has 0 aromatic heterocycles. The van der Waals surface area contributed by atoms with Crippen molar-refractivity contribution >= 4 is 6.09 Å². The number of amides is 1. The smallest absolute Gasteiger partial charge is 0.407 e. The maximum atomic E-state index is 12.0. The summed E-state index contributed by atoms with van der Waals surface area (Å²) in [6.07, 6.45) is 3.53. The van der Waals surface area contributed by atoms with E-state index in [2.05, 4.69) is 11.9 Å². The summed E-state index contributed by atoms with van der Waals surface area (Å²) < 4.78 is 16.4. The highest BCUT2D eigenvalue weighted by molar-refractivity contribution is 5.68. The SMILES string of the molecule is C=CCc1cc(OC)c(CC(CC)NC(=O)OC(C)(C)C)cc1OC. The Balaban J connectivity index is 2.97. The van der Waals surface area contributed by atoms with E-state index in [0.29, 0.717) is 12.8 Å². The van der Waals surface area contributed by atoms with Gasteiger partial charge in [-0.1, -0.05) is 13.0 Å². The van der Waals surface area contributed by atoms with Gasteiger partial charge in [-0.15, -0.1) is 6.58 Å². The van der Waals surface area contributed by atoms with Crippen LogP contribution in [0.4, 0.5) is 4.79 Å². The zero-order chi connectivity index (χ0) is 19.0. The maximum Gasteiger partial charge on any atom is 0.407 e. The van der Waals surface area contributed by atoms with E-state index in [1.807, 2.05) is 45.9 Å². The number of carbonyl (C=O) groups is 1. The largest absolute Gasteiger partial charge is 0.496 e. The number of nitrogens with one attached hydrogen (secondary N) is 1. The number of methoxy groups -OCH3 is 2. The summed E-state index contributed by atoms with van der Waals surface area (Å²) in [5.41, 5.74) is 1.48. The van der Waals surface area contributed by atoms with Gasteiger partial charge in [0.1, 0.15) is 17.1 Å². The first kappa shape index (κ1) is 20.9. The van der Waals surface area contributed by atoms with Crippen LogP contribution in [0, 0.1) is 0 Å². The molecular formula is C20H31NO4. The number of hydrogen-bond donors (Lipinski definition) is 1. The molecule has 0 fully saturated rings. The third-order valence-corrected chi connectivity index (χ3v) is 3.73. The Morgan fingerprint density at radius 2 is 1.76 bits per heavy atom. The van der Waals surface area contributed by atoms with E-state index in [9.17, 15) is 4.79 Å². The minimum atomic E-state index is -0.518. The molecule has 1 rings (SSSR count). The van der Waals surface area contributed by atoms with Crippen molar-refractivity contribution in [1.82, 2.24) is 5.32 Å². The lowest BCUT2D eigenvalue weighted by atomic mass is 9.99. The molecular weight excluding hydrogens is 318 g/mol. The summed E-state index contributed by atoms with van der Waals surface area (Å²) in [5.74, 6) is 1.57. The topological polar surface area (TPSA) is 56.8 Å². The van der Waals surface area contributed by atoms with Gasteiger partial charge in [0.15, 0.2) is 0 Å². The number of carbonyl (C=O) groups excluding carboxylic acids is 1. The van der Waals surface area contributed by atoms with Crippen molar-refractivity contribution in [2.45, 2.75) is 58.6 Å². The molecule has 0 aliphatic heterocycles. The van der Waals surface area contributed by atoms with Gasteiger partial charge in [0, 0.05) is 11.6 Å². The molecule has 25 heavy (non-hydrogen) atoms. The number of allylic oxidation sites excluding steroid dienone is 1. The Kier molecular flexibility index (Phi) is 7.81. The van der Waals surface area contributed by atoms with Crippen LogP contribution in [0.2, 0.25) is 0 Å². The molecule has 5 heteroatoms. The Morgan fingerprint density at radius 1 is 1.20 bits per heavy atom. The molecule has 0 saturated carbocycles. The van der Waals surface area contributed by atoms with Gasteiger partial charge < -0.3 is 19.5 Å². The van der Waals surface area contributed by atoms with Crippen molar-refractivity contribution in [2.75, 3.05) is 14.2 Å². The zero-order valence-electron chi connectivity index (χ0n) is 16.3. The summed E-state index contributed by atoms with van der Waals surface area (Å²) in [6.45, 7) is 11.3. The van der Waals surface area contributed by atoms with E-state index in [4.69, 9.17) is 14.2 Å². The lowest BCUT2D eigenvalue weighted by Crippen LogP contribution is -2.40. The van der Waals surface area contributed by atoms with Crippen molar-refractivity contribution in [3.8, 4) is 11.5 Å². The molecule has 1 unspecified atom stereocenters. The molecule has 1 atom stereocenters. The summed E-state index contributed by atoms with van der Waals surface area (Å²) >= 11 is 0. The van der Waals surface area contributed by atoms with Gasteiger partial charge in [-0.05, 0) is 57.7 Å². The zero-order valence-corrected chi connectivity index (χ0v) is 16.3. The van der Waals surface area contributed by atoms with Crippen molar-refractivity contribution in [2.24, 2.45) is 0 Å². The molecule has 1 aromatic carbocycles. The lowest BCUT2D eigenvalue weighted by Gasteiger charge is -2.24. The molecule has 1 amide bonds. The molecule has 140 valence electrons. The highest BCUT2D eigenvalue weighted by atomic mass is 16.6. The highest BCUT2D eigenvalue weighted by Gasteiger charge is 2.20. The molecule has 0 bridgehead atoms. The van der Waals surface area contributed by atoms with Gasteiger partial charge >= 0.3 is 6.09 Å². The van der Waals surface area contributed by atoms with Crippen molar-refractivity contribution in [3.63, 3.8) is 0 Å². The van der Waals surface area contributed by atoms with Gasteiger partial charge in [-0.2, -0.15) is 0 Å². The third kappa shape index (κ3) is 6.69. The standard InChI is InChI=1S/C20H31NO4/c1-8-10-14-12-18(24-7)15(13-17(14)23-6)11-16(9-2)21-19(22)25-20(3,4)5/h8,12-13,16H,1,9-11H2,2-7H3,(H,21,22). The molecule has 0 saturated heterocycles. The Bertz CT molecular complexity index is 590. The minimum Gasteiger partial charge on any atom is -0.496 e. The summed E-state index contributed by atoms with van der Waals surface area (Å²) in [7, 11) is 3.29. The number of rotatable bonds is 8. The lowest BCUT2D eigenvalue weighted by molar-refractivity contribution is 0.0502. The van der Waals surface area contributed by atoms with E-state index < -0.39 is 11.7 Å². The molecule has 1 N–H and O–H groups in total. The summed E-state index contributed by atoms with van der Waals surface area (Å²) in [4.78, 5) is 12.0. The fraction of sp³-hybridized carbons (Fsp3) is 0.550. The van der Waals surface area contributed by atoms with Crippen molar-refractivity contribution in [1.29, 1.82) is 0 Å². The van der Waals surface area contributed by atoms with E-state index in [-0.39, 0.29) is 6.04 Å². The van der Waals surface area contributed by atoms with Crippen LogP contribution in [0.1, 0.15) is 45.2 Å². The summed E-state index contributed by atoms with van der Waals surface area (Å²) in [6, 6.07) is 3.88. The molecule has 0 radical (unpaired) electrons. The third-order valence-electron chi connectivity index (χ3n) is 3.73. The number of alkyl carbamates (subject to hydrolysis) is 1. The monoisotopic (exact) mass is 349 g/mol. The van der Waals surface area contributed by atoms with Crippen LogP contribution in [0.15, 0.2) is 24.8 Å². The van der Waals surface area contributed by atoms with Gasteiger partial charge in [0.05, 0.1) is 14.2 Å². The fourth-order valence-corrected chi connectivity index (χ4v) is 2.54. The predicted octanol–water partition coefficient (Wildman–Crippen LogP) is 4.28. The van der Waals surface area contributed by atoms with Crippen molar-refractivity contribution in [3.05, 3.63) is 35.9 Å². The normalized spacial score (nSPS) is 12.2. The first-order chi connectivity index (χ1) is 11.7. The van der Waals surface area contributed by atoms with E-state index in [0.717, 1.165) is 29.0 Å². The van der Waals surface area contributed by atoms with Crippen LogP contribution in [0.25, 0.3) is 0 Å². The molecule has 0 heterocycles. The van der Waals surface area contributed by atoms with Crippen molar-refractivity contribution < 1.29 is 19.0 Å². The van der Waals surface area contributed by atoms with Crippen LogP contribution >= 0.6 is 0 Å². The van der Waals surface area contributed by atoms with E-state index in [1.54, 1.807) is 14.2 Å². The second-order valence-corrected chi connectivity index (χ2v) is 6.92. The molecule has 0 spiro atoms. The van der Waals surface area contributed by atoms with Gasteiger partial charge in [0.2, 0.25) is 0 Å². The Labute approximate surface area is 151 Å². The van der Waals surface area contributed by atoms with Crippen LogP contribution in [-0.4, -0.2) is 32.0 Å². The first-order valence-corrected chi connectivity index (χ1v) is 8.58. The average molecular weight is 349 g/mol. The summed E-state index contributed by atoms with van der Waals surface area (Å²) in [5, 5.41) is 2.93. The maximum absolute atomic E-state index is 12.0. The molecule has 5 nitrogen and oxygen atoms in total. The fourth-order valence-electron chi connectivity index (χ4n) is 2.54.